The number of para-hydroxylation sites is 1. The molecule has 1 N–H and O–H groups in total. The Morgan fingerprint density at radius 1 is 1.38 bits per heavy atom. The van der Waals surface area contributed by atoms with Gasteiger partial charge in [0.05, 0.1) is 10.4 Å². The second kappa shape index (κ2) is 5.10. The molecule has 0 amide bonds. The van der Waals surface area contributed by atoms with Gasteiger partial charge < -0.3 is 9.88 Å². The highest BCUT2D eigenvalue weighted by molar-refractivity contribution is 7.91. The van der Waals surface area contributed by atoms with Crippen LogP contribution in [0.2, 0.25) is 0 Å². The first kappa shape index (κ1) is 14.5. The number of fused-ring (bicyclic) bond motifs is 1. The summed E-state index contributed by atoms with van der Waals surface area (Å²) in [7, 11) is -1.29. The van der Waals surface area contributed by atoms with Gasteiger partial charge in [-0.3, -0.25) is 0 Å². The van der Waals surface area contributed by atoms with E-state index in [1.54, 1.807) is 12.1 Å². The van der Waals surface area contributed by atoms with Crippen LogP contribution in [0.15, 0.2) is 23.1 Å². The van der Waals surface area contributed by atoms with Gasteiger partial charge in [-0.1, -0.05) is 6.07 Å². The Labute approximate surface area is 125 Å². The second-order valence-electron chi connectivity index (χ2n) is 6.00. The van der Waals surface area contributed by atoms with Crippen LogP contribution in [0.25, 0.3) is 11.0 Å². The van der Waals surface area contributed by atoms with E-state index in [-0.39, 0.29) is 0 Å². The molecular formula is C15H21N3O2S. The third-order valence-electron chi connectivity index (χ3n) is 4.30. The number of rotatable bonds is 2. The van der Waals surface area contributed by atoms with Crippen molar-refractivity contribution in [3.63, 3.8) is 0 Å². The molecule has 6 heteroatoms. The quantitative estimate of drug-likeness (QED) is 0.919. The maximum Gasteiger partial charge on any atom is 0.177 e. The molecule has 0 saturated carbocycles. The van der Waals surface area contributed by atoms with E-state index in [1.807, 2.05) is 17.7 Å². The number of nitrogens with zero attached hydrogens (tertiary/aromatic N) is 2. The van der Waals surface area contributed by atoms with Gasteiger partial charge in [0.15, 0.2) is 9.84 Å². The van der Waals surface area contributed by atoms with Gasteiger partial charge in [0.25, 0.3) is 0 Å². The molecule has 0 aliphatic carbocycles. The predicted molar refractivity (Wildman–Crippen MR) is 83.3 cm³/mol. The summed E-state index contributed by atoms with van der Waals surface area (Å²) in [5, 5.41) is 3.44. The summed E-state index contributed by atoms with van der Waals surface area (Å²) in [6, 6.07) is 5.83. The highest BCUT2D eigenvalue weighted by Gasteiger charge is 2.26. The van der Waals surface area contributed by atoms with Gasteiger partial charge in [0.1, 0.15) is 11.3 Å². The lowest BCUT2D eigenvalue weighted by molar-refractivity contribution is 0.367. The number of sulfone groups is 1. The van der Waals surface area contributed by atoms with Crippen molar-refractivity contribution >= 4 is 20.9 Å². The molecule has 2 heterocycles. The van der Waals surface area contributed by atoms with Gasteiger partial charge in [-0.05, 0) is 38.4 Å². The summed E-state index contributed by atoms with van der Waals surface area (Å²) in [6.45, 7) is 3.16. The normalized spacial score (nSPS) is 23.6. The summed E-state index contributed by atoms with van der Waals surface area (Å²) in [4.78, 5) is 5.02. The maximum atomic E-state index is 11.9. The van der Waals surface area contributed by atoms with Crippen LogP contribution in [-0.4, -0.2) is 36.8 Å². The zero-order chi connectivity index (χ0) is 15.2. The first-order chi connectivity index (χ1) is 9.88. The molecule has 1 aliphatic rings. The van der Waals surface area contributed by atoms with Gasteiger partial charge in [-0.25, -0.2) is 13.4 Å². The standard InChI is InChI=1S/C15H21N3O2S/c1-10-9-11(7-8-16-10)15-17-14-12(18(15)2)5-4-6-13(14)21(3,19)20/h4-6,10-11,16H,7-9H2,1-3H3. The number of hydrogen-bond acceptors (Lipinski definition) is 4. The van der Waals surface area contributed by atoms with E-state index in [2.05, 4.69) is 12.2 Å². The van der Waals surface area contributed by atoms with Crippen LogP contribution >= 0.6 is 0 Å². The van der Waals surface area contributed by atoms with Crippen molar-refractivity contribution in [2.24, 2.45) is 7.05 Å². The lowest BCUT2D eigenvalue weighted by Crippen LogP contribution is -2.35. The molecule has 21 heavy (non-hydrogen) atoms. The molecule has 2 aromatic rings. The summed E-state index contributed by atoms with van der Waals surface area (Å²) < 4.78 is 25.9. The average Bonchev–Trinajstić information content (AvgIpc) is 2.75. The number of piperidine rings is 1. The third-order valence-corrected chi connectivity index (χ3v) is 5.43. The molecule has 114 valence electrons. The van der Waals surface area contributed by atoms with Crippen LogP contribution < -0.4 is 5.32 Å². The summed E-state index contributed by atoms with van der Waals surface area (Å²) in [6.07, 6.45) is 3.31. The van der Waals surface area contributed by atoms with Gasteiger partial charge in [-0.15, -0.1) is 0 Å². The minimum absolute atomic E-state index is 0.323. The van der Waals surface area contributed by atoms with Crippen molar-refractivity contribution < 1.29 is 8.42 Å². The van der Waals surface area contributed by atoms with E-state index in [4.69, 9.17) is 4.98 Å². The molecule has 5 nitrogen and oxygen atoms in total. The molecule has 0 bridgehead atoms. The number of hydrogen-bond donors (Lipinski definition) is 1. The van der Waals surface area contributed by atoms with Gasteiger partial charge in [0.2, 0.25) is 0 Å². The van der Waals surface area contributed by atoms with Crippen LogP contribution in [0, 0.1) is 0 Å². The Balaban J connectivity index is 2.15. The molecule has 1 aliphatic heterocycles. The van der Waals surface area contributed by atoms with Crippen LogP contribution in [0.5, 0.6) is 0 Å². The third kappa shape index (κ3) is 2.58. The zero-order valence-electron chi connectivity index (χ0n) is 12.6. The number of aromatic nitrogens is 2. The van der Waals surface area contributed by atoms with E-state index in [9.17, 15) is 8.42 Å². The topological polar surface area (TPSA) is 64.0 Å². The maximum absolute atomic E-state index is 11.9. The van der Waals surface area contributed by atoms with Gasteiger partial charge in [0, 0.05) is 25.3 Å². The fourth-order valence-corrected chi connectivity index (χ4v) is 4.06. The highest BCUT2D eigenvalue weighted by Crippen LogP contribution is 2.31. The minimum atomic E-state index is -3.26. The van der Waals surface area contributed by atoms with Crippen molar-refractivity contribution in [2.75, 3.05) is 12.8 Å². The molecule has 1 fully saturated rings. The first-order valence-electron chi connectivity index (χ1n) is 7.26. The molecule has 0 spiro atoms. The van der Waals surface area contributed by atoms with E-state index in [1.165, 1.54) is 6.26 Å². The van der Waals surface area contributed by atoms with Crippen LogP contribution in [0.3, 0.4) is 0 Å². The molecule has 3 rings (SSSR count). The van der Waals surface area contributed by atoms with E-state index in [0.29, 0.717) is 22.4 Å². The number of imidazole rings is 1. The van der Waals surface area contributed by atoms with Crippen LogP contribution in [0.1, 0.15) is 31.5 Å². The number of benzene rings is 1. The van der Waals surface area contributed by atoms with Crippen LogP contribution in [-0.2, 0) is 16.9 Å². The zero-order valence-corrected chi connectivity index (χ0v) is 13.4. The van der Waals surface area contributed by atoms with Crippen molar-refractivity contribution in [1.29, 1.82) is 0 Å². The van der Waals surface area contributed by atoms with E-state index >= 15 is 0 Å². The van der Waals surface area contributed by atoms with Crippen LogP contribution in [0.4, 0.5) is 0 Å². The molecule has 1 saturated heterocycles. The summed E-state index contributed by atoms with van der Waals surface area (Å²) in [5.41, 5.74) is 1.49. The average molecular weight is 307 g/mol. The second-order valence-corrected chi connectivity index (χ2v) is 7.99. The Kier molecular flexibility index (Phi) is 3.53. The highest BCUT2D eigenvalue weighted by atomic mass is 32.2. The van der Waals surface area contributed by atoms with Crippen molar-refractivity contribution in [3.8, 4) is 0 Å². The van der Waals surface area contributed by atoms with Crippen molar-refractivity contribution in [2.45, 2.75) is 36.6 Å². The first-order valence-corrected chi connectivity index (χ1v) is 9.16. The molecule has 1 aromatic heterocycles. The predicted octanol–water partition coefficient (Wildman–Crippen LogP) is 1.83. The van der Waals surface area contributed by atoms with E-state index in [0.717, 1.165) is 30.7 Å². The monoisotopic (exact) mass is 307 g/mol. The van der Waals surface area contributed by atoms with E-state index < -0.39 is 9.84 Å². The molecule has 1 aromatic carbocycles. The number of aryl methyl sites for hydroxylation is 1. The molecule has 2 atom stereocenters. The van der Waals surface area contributed by atoms with Gasteiger partial charge in [-0.2, -0.15) is 0 Å². The Morgan fingerprint density at radius 2 is 2.14 bits per heavy atom. The lowest BCUT2D eigenvalue weighted by atomic mass is 9.92. The molecule has 0 radical (unpaired) electrons. The smallest absolute Gasteiger partial charge is 0.177 e. The number of nitrogens with one attached hydrogen (secondary N) is 1. The van der Waals surface area contributed by atoms with Gasteiger partial charge >= 0.3 is 0 Å². The SMILES string of the molecule is CC1CC(c2nc3c(S(C)(=O)=O)cccc3n2C)CCN1. The summed E-state index contributed by atoms with van der Waals surface area (Å²) >= 11 is 0. The Morgan fingerprint density at radius 3 is 2.81 bits per heavy atom. The Bertz CT molecular complexity index is 780. The summed E-state index contributed by atoms with van der Waals surface area (Å²) in [5.74, 6) is 1.38. The fourth-order valence-electron chi connectivity index (χ4n) is 3.24. The Hall–Kier alpha value is -1.40. The minimum Gasteiger partial charge on any atom is -0.331 e. The molecular weight excluding hydrogens is 286 g/mol. The van der Waals surface area contributed by atoms with Crippen molar-refractivity contribution in [1.82, 2.24) is 14.9 Å². The largest absolute Gasteiger partial charge is 0.331 e. The lowest BCUT2D eigenvalue weighted by Gasteiger charge is -2.27. The molecule has 2 unspecified atom stereocenters. The fraction of sp³-hybridized carbons (Fsp3) is 0.533. The van der Waals surface area contributed by atoms with Crippen molar-refractivity contribution in [3.05, 3.63) is 24.0 Å².